The lowest BCUT2D eigenvalue weighted by molar-refractivity contribution is 0.106. The van der Waals surface area contributed by atoms with Crippen molar-refractivity contribution in [1.29, 1.82) is 0 Å². The average Bonchev–Trinajstić information content (AvgIpc) is 2.83. The van der Waals surface area contributed by atoms with Gasteiger partial charge in [0.25, 0.3) is 0 Å². The number of hydrogen-bond acceptors (Lipinski definition) is 3. The monoisotopic (exact) mass is 245 g/mol. The second-order valence-corrected chi connectivity index (χ2v) is 4.33. The van der Waals surface area contributed by atoms with Gasteiger partial charge in [0.15, 0.2) is 0 Å². The molecule has 3 heteroatoms. The number of ether oxygens (including phenoxy) is 1. The van der Waals surface area contributed by atoms with Crippen molar-refractivity contribution < 1.29 is 9.15 Å². The molecule has 0 fully saturated rings. The number of nitrogens with two attached hydrogens (primary N) is 1. The highest BCUT2D eigenvalue weighted by atomic mass is 16.5. The first-order valence-corrected chi connectivity index (χ1v) is 6.23. The molecule has 1 aromatic heterocycles. The van der Waals surface area contributed by atoms with Crippen molar-refractivity contribution in [3.63, 3.8) is 0 Å². The summed E-state index contributed by atoms with van der Waals surface area (Å²) in [7, 11) is 0. The lowest BCUT2D eigenvalue weighted by Gasteiger charge is -2.01. The molecule has 0 aliphatic heterocycles. The van der Waals surface area contributed by atoms with Crippen LogP contribution in [0.2, 0.25) is 0 Å². The van der Waals surface area contributed by atoms with Crippen LogP contribution in [0.25, 0.3) is 11.3 Å². The molecule has 3 nitrogen and oxygen atoms in total. The van der Waals surface area contributed by atoms with Crippen LogP contribution in [0.4, 0.5) is 0 Å². The molecule has 0 saturated heterocycles. The predicted molar refractivity (Wildman–Crippen MR) is 72.2 cm³/mol. The minimum Gasteiger partial charge on any atom is -0.459 e. The molecule has 0 radical (unpaired) electrons. The van der Waals surface area contributed by atoms with Gasteiger partial charge in [-0.15, -0.1) is 0 Å². The molecule has 2 N–H and O–H groups in total. The molecule has 96 valence electrons. The van der Waals surface area contributed by atoms with Gasteiger partial charge in [0, 0.05) is 12.2 Å². The summed E-state index contributed by atoms with van der Waals surface area (Å²) in [5.74, 6) is 1.74. The average molecular weight is 245 g/mol. The standard InChI is InChI=1S/C15H19NO2/c1-12-4-2-5-13(10-12)15-7-6-14(18-15)11-17-9-3-8-16/h2,4-7,10H,3,8-9,11,16H2,1H3. The van der Waals surface area contributed by atoms with Gasteiger partial charge in [0.05, 0.1) is 0 Å². The van der Waals surface area contributed by atoms with Crippen molar-refractivity contribution in [1.82, 2.24) is 0 Å². The molecule has 0 saturated carbocycles. The van der Waals surface area contributed by atoms with Gasteiger partial charge in [0.1, 0.15) is 18.1 Å². The molecule has 0 aliphatic carbocycles. The maximum Gasteiger partial charge on any atom is 0.134 e. The molecule has 1 heterocycles. The number of benzene rings is 1. The van der Waals surface area contributed by atoms with Gasteiger partial charge in [-0.2, -0.15) is 0 Å². The van der Waals surface area contributed by atoms with Crippen LogP contribution in [0.15, 0.2) is 40.8 Å². The molecule has 0 atom stereocenters. The van der Waals surface area contributed by atoms with E-state index in [0.29, 0.717) is 19.8 Å². The minimum atomic E-state index is 0.506. The van der Waals surface area contributed by atoms with Crippen LogP contribution >= 0.6 is 0 Å². The smallest absolute Gasteiger partial charge is 0.134 e. The van der Waals surface area contributed by atoms with E-state index in [1.165, 1.54) is 5.56 Å². The molecule has 0 spiro atoms. The third-order valence-corrected chi connectivity index (χ3v) is 2.70. The summed E-state index contributed by atoms with van der Waals surface area (Å²) < 4.78 is 11.2. The van der Waals surface area contributed by atoms with Crippen molar-refractivity contribution in [2.24, 2.45) is 5.73 Å². The molecule has 2 aromatic rings. The highest BCUT2D eigenvalue weighted by Crippen LogP contribution is 2.23. The zero-order chi connectivity index (χ0) is 12.8. The molecule has 18 heavy (non-hydrogen) atoms. The number of rotatable bonds is 6. The number of furan rings is 1. The maximum atomic E-state index is 5.75. The number of aryl methyl sites for hydroxylation is 1. The van der Waals surface area contributed by atoms with Crippen LogP contribution in [0, 0.1) is 6.92 Å². The second kappa shape index (κ2) is 6.38. The third-order valence-electron chi connectivity index (χ3n) is 2.70. The van der Waals surface area contributed by atoms with Gasteiger partial charge >= 0.3 is 0 Å². The summed E-state index contributed by atoms with van der Waals surface area (Å²) in [4.78, 5) is 0. The van der Waals surface area contributed by atoms with Crippen LogP contribution in [-0.4, -0.2) is 13.2 Å². The number of hydrogen-bond donors (Lipinski definition) is 1. The van der Waals surface area contributed by atoms with Crippen molar-refractivity contribution in [3.8, 4) is 11.3 Å². The molecule has 1 aromatic carbocycles. The summed E-state index contributed by atoms with van der Waals surface area (Å²) in [6.45, 7) is 3.92. The topological polar surface area (TPSA) is 48.4 Å². The first-order chi connectivity index (χ1) is 8.79. The molecule has 0 aliphatic rings. The Morgan fingerprint density at radius 1 is 1.22 bits per heavy atom. The second-order valence-electron chi connectivity index (χ2n) is 4.33. The van der Waals surface area contributed by atoms with E-state index in [4.69, 9.17) is 14.9 Å². The van der Waals surface area contributed by atoms with E-state index in [1.54, 1.807) is 0 Å². The van der Waals surface area contributed by atoms with Gasteiger partial charge in [-0.1, -0.05) is 23.8 Å². The molecule has 2 rings (SSSR count). The highest BCUT2D eigenvalue weighted by molar-refractivity contribution is 5.58. The predicted octanol–water partition coefficient (Wildman–Crippen LogP) is 3.12. The van der Waals surface area contributed by atoms with Gasteiger partial charge in [-0.25, -0.2) is 0 Å². The summed E-state index contributed by atoms with van der Waals surface area (Å²) >= 11 is 0. The third kappa shape index (κ3) is 3.45. The highest BCUT2D eigenvalue weighted by Gasteiger charge is 2.04. The summed E-state index contributed by atoms with van der Waals surface area (Å²) in [6.07, 6.45) is 0.880. The van der Waals surface area contributed by atoms with E-state index in [-0.39, 0.29) is 0 Å². The van der Waals surface area contributed by atoms with Gasteiger partial charge in [0.2, 0.25) is 0 Å². The fourth-order valence-corrected chi connectivity index (χ4v) is 1.77. The van der Waals surface area contributed by atoms with E-state index < -0.39 is 0 Å². The van der Waals surface area contributed by atoms with Gasteiger partial charge < -0.3 is 14.9 Å². The largest absolute Gasteiger partial charge is 0.459 e. The molecule has 0 amide bonds. The fourth-order valence-electron chi connectivity index (χ4n) is 1.77. The van der Waals surface area contributed by atoms with Gasteiger partial charge in [-0.3, -0.25) is 0 Å². The fraction of sp³-hybridized carbons (Fsp3) is 0.333. The van der Waals surface area contributed by atoms with Crippen LogP contribution in [0.3, 0.4) is 0 Å². The lowest BCUT2D eigenvalue weighted by Crippen LogP contribution is -2.03. The van der Waals surface area contributed by atoms with Crippen molar-refractivity contribution in [2.75, 3.05) is 13.2 Å². The SMILES string of the molecule is Cc1cccc(-c2ccc(COCCCN)o2)c1. The molecule has 0 unspecified atom stereocenters. The van der Waals surface area contributed by atoms with Crippen molar-refractivity contribution >= 4 is 0 Å². The van der Waals surface area contributed by atoms with Crippen LogP contribution in [-0.2, 0) is 11.3 Å². The van der Waals surface area contributed by atoms with Crippen LogP contribution in [0.1, 0.15) is 17.7 Å². The van der Waals surface area contributed by atoms with Crippen LogP contribution < -0.4 is 5.73 Å². The van der Waals surface area contributed by atoms with E-state index in [9.17, 15) is 0 Å². The Morgan fingerprint density at radius 3 is 2.89 bits per heavy atom. The van der Waals surface area contributed by atoms with Crippen molar-refractivity contribution in [2.45, 2.75) is 20.0 Å². The van der Waals surface area contributed by atoms with E-state index in [1.807, 2.05) is 24.3 Å². The Hall–Kier alpha value is -1.58. The van der Waals surface area contributed by atoms with E-state index in [0.717, 1.165) is 23.5 Å². The Balaban J connectivity index is 1.97. The molecule has 0 bridgehead atoms. The molecular weight excluding hydrogens is 226 g/mol. The Morgan fingerprint density at radius 2 is 2.11 bits per heavy atom. The van der Waals surface area contributed by atoms with E-state index >= 15 is 0 Å². The quantitative estimate of drug-likeness (QED) is 0.795. The normalized spacial score (nSPS) is 10.8. The van der Waals surface area contributed by atoms with Crippen LogP contribution in [0.5, 0.6) is 0 Å². The Kier molecular flexibility index (Phi) is 4.56. The Labute approximate surface area is 108 Å². The zero-order valence-electron chi connectivity index (χ0n) is 10.7. The summed E-state index contributed by atoms with van der Waals surface area (Å²) in [5.41, 5.74) is 7.73. The zero-order valence-corrected chi connectivity index (χ0v) is 10.7. The van der Waals surface area contributed by atoms with Crippen molar-refractivity contribution in [3.05, 3.63) is 47.7 Å². The summed E-state index contributed by atoms with van der Waals surface area (Å²) in [5, 5.41) is 0. The first kappa shape index (κ1) is 12.9. The summed E-state index contributed by atoms with van der Waals surface area (Å²) in [6, 6.07) is 12.2. The first-order valence-electron chi connectivity index (χ1n) is 6.23. The molecular formula is C15H19NO2. The maximum absolute atomic E-state index is 5.75. The van der Waals surface area contributed by atoms with Gasteiger partial charge in [-0.05, 0) is 38.1 Å². The van der Waals surface area contributed by atoms with E-state index in [2.05, 4.69) is 19.1 Å². The Bertz CT molecular complexity index is 491. The minimum absolute atomic E-state index is 0.506. The lowest BCUT2D eigenvalue weighted by atomic mass is 10.1.